The Morgan fingerprint density at radius 1 is 1.21 bits per heavy atom. The quantitative estimate of drug-likeness (QED) is 0.550. The fourth-order valence-electron chi connectivity index (χ4n) is 3.13. The predicted octanol–water partition coefficient (Wildman–Crippen LogP) is 3.97. The Bertz CT molecular complexity index is 1200. The Hall–Kier alpha value is -3.61. The van der Waals surface area contributed by atoms with Gasteiger partial charge in [0, 0.05) is 23.7 Å². The molecular formula is C21H20N4O3. The van der Waals surface area contributed by atoms with E-state index in [-0.39, 0.29) is 5.69 Å². The van der Waals surface area contributed by atoms with Crippen LogP contribution < -0.4 is 10.4 Å². The summed E-state index contributed by atoms with van der Waals surface area (Å²) < 4.78 is 12.4. The molecule has 142 valence electrons. The highest BCUT2D eigenvalue weighted by atomic mass is 16.5. The second-order valence-corrected chi connectivity index (χ2v) is 6.35. The minimum absolute atomic E-state index is 0.109. The number of imidazole rings is 1. The number of hydrogen-bond acceptors (Lipinski definition) is 5. The Morgan fingerprint density at radius 2 is 2.07 bits per heavy atom. The summed E-state index contributed by atoms with van der Waals surface area (Å²) in [5.41, 5.74) is 3.21. The molecular weight excluding hydrogens is 356 g/mol. The van der Waals surface area contributed by atoms with Gasteiger partial charge in [-0.15, -0.1) is 0 Å². The molecule has 0 unspecified atom stereocenters. The second kappa shape index (κ2) is 7.56. The van der Waals surface area contributed by atoms with Crippen LogP contribution in [0.5, 0.6) is 5.75 Å². The van der Waals surface area contributed by atoms with Crippen molar-refractivity contribution in [1.82, 2.24) is 19.7 Å². The molecule has 4 aromatic rings. The molecule has 0 atom stereocenters. The molecule has 0 fully saturated rings. The third-order valence-electron chi connectivity index (χ3n) is 4.47. The molecule has 0 saturated heterocycles. The number of fused-ring (bicyclic) bond motifs is 1. The fraction of sp³-hybridized carbons (Fsp3) is 0.190. The summed E-state index contributed by atoms with van der Waals surface area (Å²) in [5.74, 6) is 1.62. The summed E-state index contributed by atoms with van der Waals surface area (Å²) in [5, 5.41) is 4.05. The molecule has 0 aliphatic carbocycles. The summed E-state index contributed by atoms with van der Waals surface area (Å²) in [7, 11) is 1.63. The van der Waals surface area contributed by atoms with Crippen molar-refractivity contribution >= 4 is 23.2 Å². The number of hydrogen-bond donors (Lipinski definition) is 1. The van der Waals surface area contributed by atoms with Crippen LogP contribution in [-0.4, -0.2) is 26.8 Å². The first-order valence-corrected chi connectivity index (χ1v) is 9.07. The topological polar surface area (TPSA) is 85.9 Å². The first-order valence-electron chi connectivity index (χ1n) is 9.07. The van der Waals surface area contributed by atoms with Gasteiger partial charge >= 0.3 is 5.69 Å². The van der Waals surface area contributed by atoms with E-state index >= 15 is 0 Å². The van der Waals surface area contributed by atoms with Crippen molar-refractivity contribution in [2.45, 2.75) is 19.9 Å². The third-order valence-corrected chi connectivity index (χ3v) is 4.47. The molecule has 0 aliphatic rings. The SMILES string of the molecule is CCCn1c(=O)[nH]c2cc(-c3noc(C=Cc4ccccc4OC)n3)ccc21. The first-order chi connectivity index (χ1) is 13.7. The number of H-pyrrole nitrogens is 1. The number of aromatic nitrogens is 4. The van der Waals surface area contributed by atoms with Gasteiger partial charge in [-0.05, 0) is 36.8 Å². The number of aryl methyl sites for hydroxylation is 1. The van der Waals surface area contributed by atoms with Gasteiger partial charge in [-0.2, -0.15) is 4.98 Å². The molecule has 0 spiro atoms. The zero-order valence-electron chi connectivity index (χ0n) is 15.7. The highest BCUT2D eigenvalue weighted by Gasteiger charge is 2.11. The van der Waals surface area contributed by atoms with E-state index in [0.717, 1.165) is 34.3 Å². The number of aromatic amines is 1. The maximum absolute atomic E-state index is 12.1. The molecule has 0 bridgehead atoms. The molecule has 2 aromatic carbocycles. The number of nitrogens with one attached hydrogen (secondary N) is 1. The first kappa shape index (κ1) is 17.8. The van der Waals surface area contributed by atoms with Crippen molar-refractivity contribution in [3.05, 3.63) is 64.4 Å². The standard InChI is InChI=1S/C21H20N4O3/c1-3-12-25-17-10-8-15(13-16(17)22-21(25)26)20-23-19(28-24-20)11-9-14-6-4-5-7-18(14)27-2/h4-11,13H,3,12H2,1-2H3,(H,22,26). The van der Waals surface area contributed by atoms with Gasteiger partial charge in [0.15, 0.2) is 0 Å². The van der Waals surface area contributed by atoms with Crippen molar-refractivity contribution in [3.63, 3.8) is 0 Å². The normalized spacial score (nSPS) is 11.5. The fourth-order valence-corrected chi connectivity index (χ4v) is 3.13. The van der Waals surface area contributed by atoms with E-state index in [1.807, 2.05) is 55.5 Å². The maximum atomic E-state index is 12.1. The Kier molecular flexibility index (Phi) is 4.80. The number of nitrogens with zero attached hydrogens (tertiary/aromatic N) is 3. The molecule has 0 radical (unpaired) electrons. The van der Waals surface area contributed by atoms with Crippen LogP contribution in [0.2, 0.25) is 0 Å². The second-order valence-electron chi connectivity index (χ2n) is 6.35. The number of methoxy groups -OCH3 is 1. The lowest BCUT2D eigenvalue weighted by molar-refractivity contribution is 0.411. The Labute approximate surface area is 161 Å². The van der Waals surface area contributed by atoms with Crippen LogP contribution in [0.4, 0.5) is 0 Å². The van der Waals surface area contributed by atoms with Crippen LogP contribution >= 0.6 is 0 Å². The van der Waals surface area contributed by atoms with E-state index in [2.05, 4.69) is 15.1 Å². The molecule has 28 heavy (non-hydrogen) atoms. The lowest BCUT2D eigenvalue weighted by atomic mass is 10.2. The van der Waals surface area contributed by atoms with E-state index in [0.29, 0.717) is 18.3 Å². The van der Waals surface area contributed by atoms with Gasteiger partial charge in [0.1, 0.15) is 5.75 Å². The van der Waals surface area contributed by atoms with Gasteiger partial charge in [0.05, 0.1) is 18.1 Å². The molecule has 4 rings (SSSR count). The van der Waals surface area contributed by atoms with Crippen LogP contribution in [0.3, 0.4) is 0 Å². The van der Waals surface area contributed by atoms with Crippen LogP contribution in [0.15, 0.2) is 51.8 Å². The average Bonchev–Trinajstić information content (AvgIpc) is 3.31. The number of benzene rings is 2. The van der Waals surface area contributed by atoms with E-state index < -0.39 is 0 Å². The van der Waals surface area contributed by atoms with Crippen molar-refractivity contribution in [2.75, 3.05) is 7.11 Å². The summed E-state index contributed by atoms with van der Waals surface area (Å²) in [4.78, 5) is 19.4. The molecule has 2 aromatic heterocycles. The van der Waals surface area contributed by atoms with Gasteiger partial charge in [-0.3, -0.25) is 4.57 Å². The third kappa shape index (κ3) is 3.34. The van der Waals surface area contributed by atoms with Gasteiger partial charge < -0.3 is 14.2 Å². The molecule has 0 amide bonds. The Balaban J connectivity index is 1.62. The number of rotatable bonds is 6. The van der Waals surface area contributed by atoms with E-state index in [1.165, 1.54) is 0 Å². The van der Waals surface area contributed by atoms with Gasteiger partial charge in [-0.1, -0.05) is 30.3 Å². The van der Waals surface area contributed by atoms with Crippen LogP contribution in [0, 0.1) is 0 Å². The minimum Gasteiger partial charge on any atom is -0.496 e. The average molecular weight is 376 g/mol. The summed E-state index contributed by atoms with van der Waals surface area (Å²) in [6.45, 7) is 2.72. The lowest BCUT2D eigenvalue weighted by Gasteiger charge is -2.02. The Morgan fingerprint density at radius 3 is 2.89 bits per heavy atom. The lowest BCUT2D eigenvalue weighted by Crippen LogP contribution is -2.16. The molecule has 1 N–H and O–H groups in total. The zero-order chi connectivity index (χ0) is 19.5. The van der Waals surface area contributed by atoms with E-state index in [1.54, 1.807) is 17.8 Å². The zero-order valence-corrected chi connectivity index (χ0v) is 15.7. The molecule has 0 aliphatic heterocycles. The van der Waals surface area contributed by atoms with Crippen molar-refractivity contribution in [3.8, 4) is 17.1 Å². The van der Waals surface area contributed by atoms with E-state index in [9.17, 15) is 4.79 Å². The van der Waals surface area contributed by atoms with E-state index in [4.69, 9.17) is 9.26 Å². The summed E-state index contributed by atoms with van der Waals surface area (Å²) in [6, 6.07) is 13.3. The van der Waals surface area contributed by atoms with Crippen molar-refractivity contribution < 1.29 is 9.26 Å². The minimum atomic E-state index is -0.109. The van der Waals surface area contributed by atoms with Gasteiger partial charge in [0.25, 0.3) is 5.89 Å². The molecule has 7 heteroatoms. The predicted molar refractivity (Wildman–Crippen MR) is 108 cm³/mol. The van der Waals surface area contributed by atoms with Crippen molar-refractivity contribution in [1.29, 1.82) is 0 Å². The largest absolute Gasteiger partial charge is 0.496 e. The molecule has 2 heterocycles. The monoisotopic (exact) mass is 376 g/mol. The smallest absolute Gasteiger partial charge is 0.326 e. The van der Waals surface area contributed by atoms with Crippen molar-refractivity contribution in [2.24, 2.45) is 0 Å². The molecule has 7 nitrogen and oxygen atoms in total. The molecule has 0 saturated carbocycles. The van der Waals surface area contributed by atoms with Crippen LogP contribution in [0.25, 0.3) is 34.6 Å². The van der Waals surface area contributed by atoms with Crippen LogP contribution in [-0.2, 0) is 6.54 Å². The summed E-state index contributed by atoms with van der Waals surface area (Å²) in [6.07, 6.45) is 4.50. The number of para-hydroxylation sites is 1. The highest BCUT2D eigenvalue weighted by molar-refractivity contribution is 5.80. The van der Waals surface area contributed by atoms with Crippen LogP contribution in [0.1, 0.15) is 24.8 Å². The van der Waals surface area contributed by atoms with Gasteiger partial charge in [0.2, 0.25) is 5.82 Å². The maximum Gasteiger partial charge on any atom is 0.326 e. The van der Waals surface area contributed by atoms with Gasteiger partial charge in [-0.25, -0.2) is 4.79 Å². The summed E-state index contributed by atoms with van der Waals surface area (Å²) >= 11 is 0. The highest BCUT2D eigenvalue weighted by Crippen LogP contribution is 2.23. The number of ether oxygens (including phenoxy) is 1.